The average molecular weight is 424 g/mol. The first kappa shape index (κ1) is 19.3. The molecule has 2 aromatic carbocycles. The number of nitrogens with zero attached hydrogens (tertiary/aromatic N) is 4. The van der Waals surface area contributed by atoms with Gasteiger partial charge in [0.1, 0.15) is 5.57 Å². The first-order valence-corrected chi connectivity index (χ1v) is 8.97. The van der Waals surface area contributed by atoms with Crippen LogP contribution < -0.4 is 0 Å². The van der Waals surface area contributed by atoms with E-state index >= 15 is 0 Å². The van der Waals surface area contributed by atoms with E-state index in [9.17, 15) is 29.8 Å². The fourth-order valence-corrected chi connectivity index (χ4v) is 3.87. The van der Waals surface area contributed by atoms with Crippen LogP contribution >= 0.6 is 12.2 Å². The van der Waals surface area contributed by atoms with Gasteiger partial charge in [0.15, 0.2) is 5.11 Å². The van der Waals surface area contributed by atoms with Gasteiger partial charge in [-0.05, 0) is 35.0 Å². The van der Waals surface area contributed by atoms with E-state index in [1.165, 1.54) is 44.4 Å². The quantitative estimate of drug-likeness (QED) is 0.203. The van der Waals surface area contributed by atoms with Gasteiger partial charge < -0.3 is 0 Å². The lowest BCUT2D eigenvalue weighted by atomic mass is 9.95. The fourth-order valence-electron chi connectivity index (χ4n) is 3.71. The van der Waals surface area contributed by atoms with Gasteiger partial charge in [0.05, 0.1) is 15.4 Å². The van der Waals surface area contributed by atoms with E-state index < -0.39 is 21.7 Å². The molecule has 1 saturated heterocycles. The summed E-state index contributed by atoms with van der Waals surface area (Å²) >= 11 is 5.11. The monoisotopic (exact) mass is 424 g/mol. The van der Waals surface area contributed by atoms with Crippen molar-refractivity contribution in [3.8, 4) is 11.1 Å². The third-order valence-electron chi connectivity index (χ3n) is 5.12. The summed E-state index contributed by atoms with van der Waals surface area (Å²) in [7, 11) is 2.82. The predicted octanol–water partition coefficient (Wildman–Crippen LogP) is 2.50. The largest absolute Gasteiger partial charge is 0.288 e. The topological polar surface area (TPSA) is 127 Å². The van der Waals surface area contributed by atoms with Crippen LogP contribution in [0.15, 0.2) is 42.0 Å². The van der Waals surface area contributed by atoms with Gasteiger partial charge in [-0.1, -0.05) is 12.1 Å². The predicted molar refractivity (Wildman–Crippen MR) is 109 cm³/mol. The molecular formula is C19H12N4O6S. The number of thiocarbonyl (C=S) groups is 1. The highest BCUT2D eigenvalue weighted by Crippen LogP contribution is 2.51. The van der Waals surface area contributed by atoms with Crippen LogP contribution in [0, 0.1) is 20.2 Å². The van der Waals surface area contributed by atoms with Gasteiger partial charge in [0.2, 0.25) is 0 Å². The number of rotatable bonds is 2. The summed E-state index contributed by atoms with van der Waals surface area (Å²) < 4.78 is 0. The number of benzene rings is 2. The molecule has 2 aromatic rings. The number of non-ortho nitro benzene ring substituents is 1. The molecule has 1 aliphatic heterocycles. The van der Waals surface area contributed by atoms with Crippen molar-refractivity contribution >= 4 is 46.1 Å². The molecule has 0 atom stereocenters. The molecule has 4 rings (SSSR count). The lowest BCUT2D eigenvalue weighted by Gasteiger charge is -2.32. The Labute approximate surface area is 174 Å². The highest BCUT2D eigenvalue weighted by atomic mass is 32.1. The number of nitro benzene ring substituents is 2. The number of likely N-dealkylation sites (N-methyl/N-ethyl adjacent to an activating group) is 2. The van der Waals surface area contributed by atoms with Crippen LogP contribution in [0.2, 0.25) is 0 Å². The summed E-state index contributed by atoms with van der Waals surface area (Å²) in [6.07, 6.45) is 0. The molecule has 0 radical (unpaired) electrons. The maximum atomic E-state index is 13.0. The van der Waals surface area contributed by atoms with Crippen molar-refractivity contribution in [2.45, 2.75) is 0 Å². The Morgan fingerprint density at radius 3 is 2.03 bits per heavy atom. The first-order valence-electron chi connectivity index (χ1n) is 8.56. The number of hydrogen-bond donors (Lipinski definition) is 0. The first-order chi connectivity index (χ1) is 14.1. The zero-order chi connectivity index (χ0) is 21.9. The smallest absolute Gasteiger partial charge is 0.277 e. The third-order valence-corrected chi connectivity index (χ3v) is 5.67. The average Bonchev–Trinajstić information content (AvgIpc) is 3.04. The molecular weight excluding hydrogens is 412 g/mol. The lowest BCUT2D eigenvalue weighted by molar-refractivity contribution is -0.385. The maximum Gasteiger partial charge on any atom is 0.277 e. The minimum absolute atomic E-state index is 0.00544. The molecule has 10 nitrogen and oxygen atoms in total. The SMILES string of the molecule is CN1C(=O)C(=C2c3cc([N+](=O)[O-])ccc3-c3c2cccc3[N+](=O)[O-])C(=O)N(C)C1=S. The van der Waals surface area contributed by atoms with E-state index in [1.54, 1.807) is 6.07 Å². The molecule has 2 aliphatic rings. The summed E-state index contributed by atoms with van der Waals surface area (Å²) in [4.78, 5) is 50.0. The Morgan fingerprint density at radius 1 is 0.833 bits per heavy atom. The molecule has 0 unspecified atom stereocenters. The summed E-state index contributed by atoms with van der Waals surface area (Å²) in [5.41, 5.74) is 0.392. The second-order valence-corrected chi connectivity index (χ2v) is 7.07. The summed E-state index contributed by atoms with van der Waals surface area (Å²) in [6.45, 7) is 0. The standard InChI is InChI=1S/C19H12N4O6S/c1-20-17(24)16(18(25)21(2)19(20)30)15-11-4-3-5-13(23(28)29)14(11)10-7-6-9(22(26)27)8-12(10)15/h3-8H,1-2H3. The van der Waals surface area contributed by atoms with Gasteiger partial charge in [-0.25, -0.2) is 0 Å². The number of carbonyl (C=O) groups is 2. The Kier molecular flexibility index (Phi) is 4.20. The molecule has 1 heterocycles. The van der Waals surface area contributed by atoms with E-state index in [-0.39, 0.29) is 44.3 Å². The van der Waals surface area contributed by atoms with Crippen molar-refractivity contribution in [2.75, 3.05) is 14.1 Å². The minimum Gasteiger partial charge on any atom is -0.288 e. The molecule has 0 aromatic heterocycles. The Morgan fingerprint density at radius 2 is 1.47 bits per heavy atom. The number of carbonyl (C=O) groups excluding carboxylic acids is 2. The van der Waals surface area contributed by atoms with E-state index in [0.717, 1.165) is 9.80 Å². The van der Waals surface area contributed by atoms with E-state index in [0.29, 0.717) is 5.56 Å². The van der Waals surface area contributed by atoms with Crippen LogP contribution in [-0.4, -0.2) is 50.7 Å². The lowest BCUT2D eigenvalue weighted by Crippen LogP contribution is -2.53. The van der Waals surface area contributed by atoms with Gasteiger partial charge in [-0.2, -0.15) is 0 Å². The normalized spacial score (nSPS) is 15.5. The van der Waals surface area contributed by atoms with Crippen molar-refractivity contribution < 1.29 is 19.4 Å². The zero-order valence-electron chi connectivity index (χ0n) is 15.6. The fraction of sp³-hybridized carbons (Fsp3) is 0.105. The van der Waals surface area contributed by atoms with Crippen LogP contribution in [-0.2, 0) is 9.59 Å². The van der Waals surface area contributed by atoms with Gasteiger partial charge in [-0.3, -0.25) is 39.6 Å². The van der Waals surface area contributed by atoms with Crippen LogP contribution in [0.1, 0.15) is 11.1 Å². The third kappa shape index (κ3) is 2.52. The van der Waals surface area contributed by atoms with E-state index in [1.807, 2.05) is 0 Å². The van der Waals surface area contributed by atoms with Crippen molar-refractivity contribution in [3.63, 3.8) is 0 Å². The van der Waals surface area contributed by atoms with Gasteiger partial charge in [0.25, 0.3) is 23.2 Å². The molecule has 30 heavy (non-hydrogen) atoms. The zero-order valence-corrected chi connectivity index (χ0v) is 16.4. The van der Waals surface area contributed by atoms with Crippen molar-refractivity contribution in [3.05, 3.63) is 73.3 Å². The molecule has 11 heteroatoms. The molecule has 2 amide bonds. The second-order valence-electron chi connectivity index (χ2n) is 6.70. The Hall–Kier alpha value is -3.99. The van der Waals surface area contributed by atoms with Gasteiger partial charge in [0, 0.05) is 37.9 Å². The molecule has 0 N–H and O–H groups in total. The molecule has 1 fully saturated rings. The highest BCUT2D eigenvalue weighted by Gasteiger charge is 2.42. The second kappa shape index (κ2) is 6.52. The highest BCUT2D eigenvalue weighted by molar-refractivity contribution is 7.80. The van der Waals surface area contributed by atoms with Gasteiger partial charge in [-0.15, -0.1) is 0 Å². The van der Waals surface area contributed by atoms with Gasteiger partial charge >= 0.3 is 0 Å². The van der Waals surface area contributed by atoms with E-state index in [4.69, 9.17) is 12.2 Å². The summed E-state index contributed by atoms with van der Waals surface area (Å²) in [5, 5.41) is 22.9. The number of amides is 2. The number of nitro groups is 2. The summed E-state index contributed by atoms with van der Waals surface area (Å²) in [6, 6.07) is 8.12. The molecule has 0 saturated carbocycles. The van der Waals surface area contributed by atoms with Crippen LogP contribution in [0.4, 0.5) is 11.4 Å². The van der Waals surface area contributed by atoms with Crippen molar-refractivity contribution in [1.29, 1.82) is 0 Å². The number of hydrogen-bond acceptors (Lipinski definition) is 7. The number of fused-ring (bicyclic) bond motifs is 3. The molecule has 1 aliphatic carbocycles. The summed E-state index contributed by atoms with van der Waals surface area (Å²) in [5.74, 6) is -1.37. The molecule has 0 spiro atoms. The van der Waals surface area contributed by atoms with Crippen LogP contribution in [0.5, 0.6) is 0 Å². The molecule has 0 bridgehead atoms. The molecule has 150 valence electrons. The van der Waals surface area contributed by atoms with Crippen molar-refractivity contribution in [1.82, 2.24) is 9.80 Å². The maximum absolute atomic E-state index is 13.0. The van der Waals surface area contributed by atoms with E-state index in [2.05, 4.69) is 0 Å². The van der Waals surface area contributed by atoms with Crippen molar-refractivity contribution in [2.24, 2.45) is 0 Å². The minimum atomic E-state index is -0.685. The van der Waals surface area contributed by atoms with Crippen LogP contribution in [0.3, 0.4) is 0 Å². The Balaban J connectivity index is 2.15. The van der Waals surface area contributed by atoms with Crippen LogP contribution in [0.25, 0.3) is 16.7 Å². The Bertz CT molecular complexity index is 1230.